The van der Waals surface area contributed by atoms with Gasteiger partial charge in [-0.3, -0.25) is 0 Å². The molecule has 3 N–H and O–H groups in total. The lowest BCUT2D eigenvalue weighted by atomic mass is 9.93. The summed E-state index contributed by atoms with van der Waals surface area (Å²) in [7, 11) is 0. The molecular weight excluding hydrogens is 360 g/mol. The van der Waals surface area contributed by atoms with E-state index in [-0.39, 0.29) is 0 Å². The number of nitrogens with two attached hydrogens (primary N) is 1. The molecule has 0 saturated carbocycles. The van der Waals surface area contributed by atoms with Crippen molar-refractivity contribution in [3.8, 4) is 11.3 Å². The van der Waals surface area contributed by atoms with E-state index in [2.05, 4.69) is 72.0 Å². The number of halogens is 1. The van der Waals surface area contributed by atoms with Gasteiger partial charge < -0.3 is 10.7 Å². The van der Waals surface area contributed by atoms with Crippen LogP contribution in [0.4, 0.5) is 0 Å². The van der Waals surface area contributed by atoms with Gasteiger partial charge in [0.15, 0.2) is 0 Å². The maximum atomic E-state index is 5.70. The quantitative estimate of drug-likeness (QED) is 0.535. The van der Waals surface area contributed by atoms with Crippen LogP contribution < -0.4 is 5.73 Å². The molecule has 24 heavy (non-hydrogen) atoms. The zero-order chi connectivity index (χ0) is 17.3. The van der Waals surface area contributed by atoms with Crippen LogP contribution in [0.3, 0.4) is 0 Å². The van der Waals surface area contributed by atoms with Gasteiger partial charge in [-0.25, -0.2) is 0 Å². The molecule has 1 aromatic heterocycles. The third kappa shape index (κ3) is 3.28. The number of hydrogen-bond acceptors (Lipinski definition) is 1. The summed E-state index contributed by atoms with van der Waals surface area (Å²) in [4.78, 5) is 3.68. The predicted molar refractivity (Wildman–Crippen MR) is 108 cm³/mol. The van der Waals surface area contributed by atoms with Crippen LogP contribution in [0, 0.1) is 20.8 Å². The van der Waals surface area contributed by atoms with Gasteiger partial charge in [0.1, 0.15) is 0 Å². The number of aromatic nitrogens is 1. The van der Waals surface area contributed by atoms with Crippen LogP contribution in [0.15, 0.2) is 34.8 Å². The minimum Gasteiger partial charge on any atom is -0.354 e. The maximum absolute atomic E-state index is 5.70. The monoisotopic (exact) mass is 384 g/mol. The Balaban J connectivity index is 2.21. The fourth-order valence-electron chi connectivity index (χ4n) is 3.71. The predicted octanol–water partition coefficient (Wildman–Crippen LogP) is 5.80. The van der Waals surface area contributed by atoms with Crippen molar-refractivity contribution < 1.29 is 0 Å². The van der Waals surface area contributed by atoms with Crippen molar-refractivity contribution in [1.29, 1.82) is 0 Å². The minimum absolute atomic E-state index is 0.754. The number of aryl methyl sites for hydroxylation is 4. The van der Waals surface area contributed by atoms with Gasteiger partial charge in [0, 0.05) is 20.9 Å². The summed E-state index contributed by atoms with van der Waals surface area (Å²) in [5, 5.41) is 1.32. The van der Waals surface area contributed by atoms with Crippen LogP contribution in [0.5, 0.6) is 0 Å². The van der Waals surface area contributed by atoms with E-state index in [9.17, 15) is 0 Å². The zero-order valence-electron chi connectivity index (χ0n) is 14.7. The molecule has 0 amide bonds. The van der Waals surface area contributed by atoms with E-state index in [0.29, 0.717) is 0 Å². The number of nitrogens with one attached hydrogen (secondary N) is 1. The van der Waals surface area contributed by atoms with Crippen molar-refractivity contribution in [1.82, 2.24) is 4.98 Å². The molecule has 0 radical (unpaired) electrons. The van der Waals surface area contributed by atoms with Crippen LogP contribution in [-0.2, 0) is 6.42 Å². The van der Waals surface area contributed by atoms with Crippen LogP contribution >= 0.6 is 15.9 Å². The summed E-state index contributed by atoms with van der Waals surface area (Å²) in [5.74, 6) is 0. The van der Waals surface area contributed by atoms with Gasteiger partial charge in [0.25, 0.3) is 0 Å². The first-order valence-electron chi connectivity index (χ1n) is 8.59. The van der Waals surface area contributed by atoms with Crippen molar-refractivity contribution in [2.45, 2.75) is 40.0 Å². The average molecular weight is 385 g/mol. The van der Waals surface area contributed by atoms with Gasteiger partial charge in [-0.1, -0.05) is 33.6 Å². The lowest BCUT2D eigenvalue weighted by Gasteiger charge is -2.13. The van der Waals surface area contributed by atoms with Crippen molar-refractivity contribution in [2.24, 2.45) is 5.73 Å². The first-order chi connectivity index (χ1) is 11.5. The Morgan fingerprint density at radius 2 is 1.71 bits per heavy atom. The van der Waals surface area contributed by atoms with Gasteiger partial charge in [-0.15, -0.1) is 0 Å². The van der Waals surface area contributed by atoms with E-state index in [0.717, 1.165) is 30.3 Å². The van der Waals surface area contributed by atoms with Crippen molar-refractivity contribution in [3.05, 3.63) is 57.1 Å². The standard InChI is InChI=1S/C21H25BrN2/c1-13-10-14(2)20(15(3)11-13)21-17(6-4-5-9-23)18-12-16(22)7-8-19(18)24-21/h7-8,10-12,24H,4-6,9,23H2,1-3H3. The molecule has 0 unspecified atom stereocenters. The third-order valence-corrected chi connectivity index (χ3v) is 5.17. The summed E-state index contributed by atoms with van der Waals surface area (Å²) in [6.07, 6.45) is 3.23. The fraction of sp³-hybridized carbons (Fsp3) is 0.333. The first kappa shape index (κ1) is 17.2. The number of hydrogen-bond donors (Lipinski definition) is 2. The lowest BCUT2D eigenvalue weighted by Crippen LogP contribution is -2.00. The zero-order valence-corrected chi connectivity index (χ0v) is 16.3. The highest BCUT2D eigenvalue weighted by Crippen LogP contribution is 2.36. The Hall–Kier alpha value is -1.58. The average Bonchev–Trinajstić information content (AvgIpc) is 2.84. The molecule has 0 fully saturated rings. The summed E-state index contributed by atoms with van der Waals surface area (Å²) in [5.41, 5.74) is 14.9. The van der Waals surface area contributed by atoms with E-state index in [1.165, 1.54) is 44.4 Å². The van der Waals surface area contributed by atoms with Gasteiger partial charge in [-0.2, -0.15) is 0 Å². The minimum atomic E-state index is 0.754. The topological polar surface area (TPSA) is 41.8 Å². The number of rotatable bonds is 5. The highest BCUT2D eigenvalue weighted by molar-refractivity contribution is 9.10. The molecule has 2 nitrogen and oxygen atoms in total. The maximum Gasteiger partial charge on any atom is 0.0502 e. The summed E-state index contributed by atoms with van der Waals surface area (Å²) in [6, 6.07) is 11.0. The fourth-order valence-corrected chi connectivity index (χ4v) is 4.07. The lowest BCUT2D eigenvalue weighted by molar-refractivity contribution is 0.748. The van der Waals surface area contributed by atoms with Crippen LogP contribution in [-0.4, -0.2) is 11.5 Å². The van der Waals surface area contributed by atoms with Crippen LogP contribution in [0.1, 0.15) is 35.1 Å². The van der Waals surface area contributed by atoms with E-state index < -0.39 is 0 Å². The SMILES string of the molecule is Cc1cc(C)c(-c2[nH]c3ccc(Br)cc3c2CCCCN)c(C)c1. The molecule has 126 valence electrons. The number of benzene rings is 2. The highest BCUT2D eigenvalue weighted by Gasteiger charge is 2.16. The molecule has 3 rings (SSSR count). The molecule has 3 aromatic rings. The molecule has 0 atom stereocenters. The van der Waals surface area contributed by atoms with E-state index in [4.69, 9.17) is 5.73 Å². The summed E-state index contributed by atoms with van der Waals surface area (Å²) >= 11 is 3.62. The van der Waals surface area contributed by atoms with E-state index >= 15 is 0 Å². The van der Waals surface area contributed by atoms with Gasteiger partial charge in [0.05, 0.1) is 5.69 Å². The molecule has 0 aliphatic carbocycles. The van der Waals surface area contributed by atoms with E-state index in [1.807, 2.05) is 0 Å². The molecule has 0 aliphatic rings. The number of aromatic amines is 1. The largest absolute Gasteiger partial charge is 0.354 e. The molecule has 0 aliphatic heterocycles. The molecule has 0 bridgehead atoms. The first-order valence-corrected chi connectivity index (χ1v) is 9.39. The molecule has 0 spiro atoms. The second-order valence-corrected chi connectivity index (χ2v) is 7.60. The second kappa shape index (κ2) is 7.12. The van der Waals surface area contributed by atoms with Gasteiger partial charge >= 0.3 is 0 Å². The Morgan fingerprint density at radius 3 is 2.38 bits per heavy atom. The molecule has 0 saturated heterocycles. The molecule has 3 heteroatoms. The van der Waals surface area contributed by atoms with Crippen LogP contribution in [0.25, 0.3) is 22.2 Å². The van der Waals surface area contributed by atoms with Gasteiger partial charge in [-0.05, 0) is 81.5 Å². The van der Waals surface area contributed by atoms with Crippen LogP contribution in [0.2, 0.25) is 0 Å². The number of unbranched alkanes of at least 4 members (excludes halogenated alkanes) is 1. The second-order valence-electron chi connectivity index (χ2n) is 6.69. The Kier molecular flexibility index (Phi) is 5.12. The number of H-pyrrole nitrogens is 1. The van der Waals surface area contributed by atoms with Crippen molar-refractivity contribution >= 4 is 26.8 Å². The number of fused-ring (bicyclic) bond motifs is 1. The smallest absolute Gasteiger partial charge is 0.0502 e. The summed E-state index contributed by atoms with van der Waals surface area (Å²) in [6.45, 7) is 7.33. The molecule has 1 heterocycles. The Bertz CT molecular complexity index is 854. The normalized spacial score (nSPS) is 11.4. The molecular formula is C21H25BrN2. The van der Waals surface area contributed by atoms with Gasteiger partial charge in [0.2, 0.25) is 0 Å². The van der Waals surface area contributed by atoms with Crippen molar-refractivity contribution in [2.75, 3.05) is 6.54 Å². The Labute approximate surface area is 152 Å². The van der Waals surface area contributed by atoms with E-state index in [1.54, 1.807) is 0 Å². The van der Waals surface area contributed by atoms with Crippen molar-refractivity contribution in [3.63, 3.8) is 0 Å². The molecule has 2 aromatic carbocycles. The summed E-state index contributed by atoms with van der Waals surface area (Å²) < 4.78 is 1.12. The Morgan fingerprint density at radius 1 is 1.00 bits per heavy atom. The highest BCUT2D eigenvalue weighted by atomic mass is 79.9. The third-order valence-electron chi connectivity index (χ3n) is 4.68.